The number of nitrogens with one attached hydrogen (secondary N) is 1. The molecule has 0 radical (unpaired) electrons. The number of nitrogens with zero attached hydrogens (tertiary/aromatic N) is 1. The van der Waals surface area contributed by atoms with Crippen molar-refractivity contribution < 1.29 is 14.3 Å². The first-order valence-corrected chi connectivity index (χ1v) is 11.5. The van der Waals surface area contributed by atoms with Crippen molar-refractivity contribution in [2.24, 2.45) is 5.92 Å². The Hall–Kier alpha value is -2.08. The number of likely N-dealkylation sites (tertiary alicyclic amines) is 1. The number of hydrogen-bond donors (Lipinski definition) is 1. The molecule has 0 saturated carbocycles. The summed E-state index contributed by atoms with van der Waals surface area (Å²) >= 11 is 12.6. The maximum absolute atomic E-state index is 12.7. The fourth-order valence-electron chi connectivity index (χ4n) is 3.59. The van der Waals surface area contributed by atoms with E-state index >= 15 is 0 Å². The molecule has 5 nitrogen and oxygen atoms in total. The molecule has 2 aromatic rings. The van der Waals surface area contributed by atoms with E-state index < -0.39 is 0 Å². The summed E-state index contributed by atoms with van der Waals surface area (Å²) in [4.78, 5) is 26.9. The van der Waals surface area contributed by atoms with Crippen molar-refractivity contribution in [3.63, 3.8) is 0 Å². The molecule has 0 aliphatic carbocycles. The number of esters is 1. The maximum Gasteiger partial charge on any atom is 0.338 e. The molecule has 2 aromatic carbocycles. The van der Waals surface area contributed by atoms with Gasteiger partial charge in [-0.1, -0.05) is 42.6 Å². The first-order valence-electron chi connectivity index (χ1n) is 10.7. The number of amides is 1. The predicted molar refractivity (Wildman–Crippen MR) is 125 cm³/mol. The summed E-state index contributed by atoms with van der Waals surface area (Å²) in [6.07, 6.45) is 3.38. The lowest BCUT2D eigenvalue weighted by Gasteiger charge is -2.31. The Balaban J connectivity index is 1.47. The van der Waals surface area contributed by atoms with Crippen LogP contribution in [0.3, 0.4) is 0 Å². The number of benzene rings is 2. The van der Waals surface area contributed by atoms with E-state index in [4.69, 9.17) is 27.9 Å². The molecular formula is C24H28Cl2N2O3. The number of carbonyl (C=O) groups excluding carboxylic acids is 2. The van der Waals surface area contributed by atoms with Crippen LogP contribution in [0.25, 0.3) is 0 Å². The number of carbonyl (C=O) groups is 2. The largest absolute Gasteiger partial charge is 0.462 e. The Morgan fingerprint density at radius 3 is 2.32 bits per heavy atom. The normalized spacial score (nSPS) is 14.9. The van der Waals surface area contributed by atoms with Crippen LogP contribution >= 0.6 is 23.2 Å². The van der Waals surface area contributed by atoms with Gasteiger partial charge in [-0.25, -0.2) is 4.79 Å². The highest BCUT2D eigenvalue weighted by molar-refractivity contribution is 6.35. The minimum absolute atomic E-state index is 0.00805. The van der Waals surface area contributed by atoms with Gasteiger partial charge in [-0.3, -0.25) is 9.69 Å². The first-order chi connectivity index (χ1) is 15.0. The summed E-state index contributed by atoms with van der Waals surface area (Å²) in [7, 11) is 0. The number of anilines is 1. The number of halogens is 2. The first kappa shape index (κ1) is 23.6. The summed E-state index contributed by atoms with van der Waals surface area (Å²) in [6.45, 7) is 4.77. The summed E-state index contributed by atoms with van der Waals surface area (Å²) in [5.41, 5.74) is 2.10. The van der Waals surface area contributed by atoms with Crippen LogP contribution in [0.1, 0.15) is 48.5 Å². The second-order valence-corrected chi connectivity index (χ2v) is 8.62. The molecular weight excluding hydrogens is 435 g/mol. The zero-order valence-electron chi connectivity index (χ0n) is 17.7. The van der Waals surface area contributed by atoms with Gasteiger partial charge in [-0.05, 0) is 68.8 Å². The molecule has 0 unspecified atom stereocenters. The van der Waals surface area contributed by atoms with Gasteiger partial charge >= 0.3 is 5.97 Å². The summed E-state index contributed by atoms with van der Waals surface area (Å²) in [5.74, 6) is -0.373. The third-order valence-corrected chi connectivity index (χ3v) is 6.23. The SMILES string of the molecule is CCCCOC(=O)c1ccc(NC(=O)C2CCN(Cc3c(Cl)cccc3Cl)CC2)cc1. The smallest absolute Gasteiger partial charge is 0.338 e. The molecule has 0 spiro atoms. The monoisotopic (exact) mass is 462 g/mol. The molecule has 1 N–H and O–H groups in total. The van der Waals surface area contributed by atoms with Crippen LogP contribution in [0.2, 0.25) is 10.0 Å². The minimum Gasteiger partial charge on any atom is -0.462 e. The van der Waals surface area contributed by atoms with E-state index in [1.165, 1.54) is 0 Å². The van der Waals surface area contributed by atoms with Gasteiger partial charge in [0.15, 0.2) is 0 Å². The lowest BCUT2D eigenvalue weighted by atomic mass is 9.95. The Morgan fingerprint density at radius 2 is 1.71 bits per heavy atom. The van der Waals surface area contributed by atoms with Gasteiger partial charge in [0.1, 0.15) is 0 Å². The van der Waals surface area contributed by atoms with E-state index in [9.17, 15) is 9.59 Å². The van der Waals surface area contributed by atoms with E-state index in [1.54, 1.807) is 24.3 Å². The number of ether oxygens (including phenoxy) is 1. The van der Waals surface area contributed by atoms with E-state index in [0.717, 1.165) is 44.3 Å². The van der Waals surface area contributed by atoms with Crippen molar-refractivity contribution in [2.45, 2.75) is 39.2 Å². The average molecular weight is 463 g/mol. The molecule has 1 heterocycles. The van der Waals surface area contributed by atoms with Gasteiger partial charge in [0.05, 0.1) is 12.2 Å². The Bertz CT molecular complexity index is 874. The lowest BCUT2D eigenvalue weighted by molar-refractivity contribution is -0.121. The molecule has 7 heteroatoms. The highest BCUT2D eigenvalue weighted by Gasteiger charge is 2.25. The zero-order chi connectivity index (χ0) is 22.2. The fraction of sp³-hybridized carbons (Fsp3) is 0.417. The molecule has 31 heavy (non-hydrogen) atoms. The van der Waals surface area contributed by atoms with Crippen molar-refractivity contribution >= 4 is 40.8 Å². The fourth-order valence-corrected chi connectivity index (χ4v) is 4.10. The number of rotatable bonds is 8. The van der Waals surface area contributed by atoms with E-state index in [2.05, 4.69) is 10.2 Å². The third-order valence-electron chi connectivity index (χ3n) is 5.52. The lowest BCUT2D eigenvalue weighted by Crippen LogP contribution is -2.37. The van der Waals surface area contributed by atoms with Crippen LogP contribution < -0.4 is 5.32 Å². The number of unbranched alkanes of at least 4 members (excludes halogenated alkanes) is 1. The highest BCUT2D eigenvalue weighted by Crippen LogP contribution is 2.28. The molecule has 1 amide bonds. The van der Waals surface area contributed by atoms with Crippen molar-refractivity contribution in [1.82, 2.24) is 4.90 Å². The molecule has 166 valence electrons. The molecule has 1 fully saturated rings. The van der Waals surface area contributed by atoms with Crippen LogP contribution in [-0.4, -0.2) is 36.5 Å². The molecule has 1 aliphatic heterocycles. The van der Waals surface area contributed by atoms with Crippen LogP contribution in [0.4, 0.5) is 5.69 Å². The second-order valence-electron chi connectivity index (χ2n) is 7.81. The zero-order valence-corrected chi connectivity index (χ0v) is 19.2. The topological polar surface area (TPSA) is 58.6 Å². The summed E-state index contributed by atoms with van der Waals surface area (Å²) in [5, 5.41) is 4.30. The number of hydrogen-bond acceptors (Lipinski definition) is 4. The highest BCUT2D eigenvalue weighted by atomic mass is 35.5. The van der Waals surface area contributed by atoms with Crippen LogP contribution in [0.5, 0.6) is 0 Å². The van der Waals surface area contributed by atoms with Gasteiger partial charge in [0.25, 0.3) is 0 Å². The van der Waals surface area contributed by atoms with Crippen molar-refractivity contribution in [1.29, 1.82) is 0 Å². The Morgan fingerprint density at radius 1 is 1.06 bits per heavy atom. The van der Waals surface area contributed by atoms with Crippen LogP contribution in [0, 0.1) is 5.92 Å². The minimum atomic E-state index is -0.336. The number of piperidine rings is 1. The quantitative estimate of drug-likeness (QED) is 0.397. The molecule has 1 saturated heterocycles. The Kier molecular flexibility index (Phi) is 8.76. The van der Waals surface area contributed by atoms with Gasteiger partial charge in [-0.15, -0.1) is 0 Å². The Labute approximate surface area is 193 Å². The van der Waals surface area contributed by atoms with Crippen LogP contribution in [0.15, 0.2) is 42.5 Å². The summed E-state index contributed by atoms with van der Waals surface area (Å²) in [6, 6.07) is 12.4. The molecule has 0 bridgehead atoms. The average Bonchev–Trinajstić information content (AvgIpc) is 2.77. The van der Waals surface area contributed by atoms with E-state index in [-0.39, 0.29) is 17.8 Å². The molecule has 0 atom stereocenters. The maximum atomic E-state index is 12.7. The molecule has 0 aromatic heterocycles. The second kappa shape index (κ2) is 11.5. The third kappa shape index (κ3) is 6.70. The van der Waals surface area contributed by atoms with Crippen LogP contribution in [-0.2, 0) is 16.1 Å². The molecule has 1 aliphatic rings. The van der Waals surface area contributed by atoms with E-state index in [1.807, 2.05) is 25.1 Å². The van der Waals surface area contributed by atoms with Gasteiger partial charge < -0.3 is 10.1 Å². The predicted octanol–water partition coefficient (Wildman–Crippen LogP) is 5.80. The van der Waals surface area contributed by atoms with E-state index in [0.29, 0.717) is 34.4 Å². The summed E-state index contributed by atoms with van der Waals surface area (Å²) < 4.78 is 5.20. The van der Waals surface area contributed by atoms with Gasteiger partial charge in [-0.2, -0.15) is 0 Å². The van der Waals surface area contributed by atoms with Gasteiger partial charge in [0.2, 0.25) is 5.91 Å². The van der Waals surface area contributed by atoms with Crippen molar-refractivity contribution in [3.05, 3.63) is 63.6 Å². The van der Waals surface area contributed by atoms with Gasteiger partial charge in [0, 0.05) is 33.8 Å². The standard InChI is InChI=1S/C24H28Cl2N2O3/c1-2-3-15-31-24(30)18-7-9-19(10-8-18)27-23(29)17-11-13-28(14-12-17)16-20-21(25)5-4-6-22(20)26/h4-10,17H,2-3,11-16H2,1H3,(H,27,29). The van der Waals surface area contributed by atoms with Crippen molar-refractivity contribution in [2.75, 3.05) is 25.0 Å². The van der Waals surface area contributed by atoms with Crippen molar-refractivity contribution in [3.8, 4) is 0 Å². The molecule has 3 rings (SSSR count).